The van der Waals surface area contributed by atoms with E-state index in [4.69, 9.17) is 0 Å². The lowest BCUT2D eigenvalue weighted by molar-refractivity contribution is 0.0956. The molecule has 0 atom stereocenters. The van der Waals surface area contributed by atoms with Crippen LogP contribution in [-0.2, 0) is 6.54 Å². The first kappa shape index (κ1) is 20.9. The minimum absolute atomic E-state index is 0.262. The van der Waals surface area contributed by atoms with Gasteiger partial charge in [0.1, 0.15) is 0 Å². The number of hydrogen-bond donors (Lipinski definition) is 4. The van der Waals surface area contributed by atoms with Gasteiger partial charge in [-0.05, 0) is 67.9 Å². The molecule has 2 aliphatic heterocycles. The molecule has 8 heteroatoms. The van der Waals surface area contributed by atoms with E-state index in [0.717, 1.165) is 18.8 Å². The molecule has 0 unspecified atom stereocenters. The molecular formula is C23H27N5O3. The van der Waals surface area contributed by atoms with Gasteiger partial charge in [0, 0.05) is 43.5 Å². The standard InChI is InChI=1S/C23H27N5O3/c1-24-22(30)17-8-9-19(20-18(17)14-26-23(20)31)27-21(29)15-4-6-16(7-5-15)25-10-13-28-11-2-3-12-28/h4-9,25H,2-3,10-14H2,1H3,(H,24,30)(H,26,31)(H,27,29). The highest BCUT2D eigenvalue weighted by atomic mass is 16.2. The molecule has 0 radical (unpaired) electrons. The maximum atomic E-state index is 12.7. The molecule has 2 aliphatic rings. The molecule has 0 aliphatic carbocycles. The minimum Gasteiger partial charge on any atom is -0.384 e. The first-order valence-electron chi connectivity index (χ1n) is 10.6. The Bertz CT molecular complexity index is 997. The molecule has 8 nitrogen and oxygen atoms in total. The summed E-state index contributed by atoms with van der Waals surface area (Å²) >= 11 is 0. The van der Waals surface area contributed by atoms with Gasteiger partial charge in [0.05, 0.1) is 11.3 Å². The average molecular weight is 422 g/mol. The van der Waals surface area contributed by atoms with Crippen LogP contribution in [0.25, 0.3) is 0 Å². The molecule has 4 rings (SSSR count). The van der Waals surface area contributed by atoms with Crippen LogP contribution in [0.1, 0.15) is 49.5 Å². The second-order valence-electron chi connectivity index (χ2n) is 7.78. The molecular weight excluding hydrogens is 394 g/mol. The van der Waals surface area contributed by atoms with Crippen molar-refractivity contribution in [2.75, 3.05) is 43.9 Å². The van der Waals surface area contributed by atoms with Crippen molar-refractivity contribution < 1.29 is 14.4 Å². The third-order valence-corrected chi connectivity index (χ3v) is 5.79. The van der Waals surface area contributed by atoms with Crippen LogP contribution < -0.4 is 21.3 Å². The van der Waals surface area contributed by atoms with Crippen LogP contribution in [0.15, 0.2) is 36.4 Å². The molecule has 162 valence electrons. The van der Waals surface area contributed by atoms with Crippen molar-refractivity contribution in [1.29, 1.82) is 0 Å². The number of carbonyl (C=O) groups is 3. The number of amides is 3. The molecule has 0 bridgehead atoms. The normalized spacial score (nSPS) is 15.3. The lowest BCUT2D eigenvalue weighted by Gasteiger charge is -2.15. The lowest BCUT2D eigenvalue weighted by Crippen LogP contribution is -2.25. The Hall–Kier alpha value is -3.39. The summed E-state index contributed by atoms with van der Waals surface area (Å²) in [5, 5.41) is 11.5. The van der Waals surface area contributed by atoms with Gasteiger partial charge in [-0.3, -0.25) is 14.4 Å². The molecule has 2 aromatic carbocycles. The van der Waals surface area contributed by atoms with Crippen molar-refractivity contribution in [1.82, 2.24) is 15.5 Å². The predicted molar refractivity (Wildman–Crippen MR) is 120 cm³/mol. The van der Waals surface area contributed by atoms with Gasteiger partial charge in [0.25, 0.3) is 17.7 Å². The monoisotopic (exact) mass is 421 g/mol. The first-order chi connectivity index (χ1) is 15.1. The van der Waals surface area contributed by atoms with E-state index in [-0.39, 0.29) is 24.3 Å². The zero-order chi connectivity index (χ0) is 21.8. The Morgan fingerprint density at radius 3 is 2.48 bits per heavy atom. The van der Waals surface area contributed by atoms with Gasteiger partial charge in [0.15, 0.2) is 0 Å². The van der Waals surface area contributed by atoms with Crippen molar-refractivity contribution in [2.24, 2.45) is 0 Å². The van der Waals surface area contributed by atoms with Crippen molar-refractivity contribution in [2.45, 2.75) is 19.4 Å². The van der Waals surface area contributed by atoms with Gasteiger partial charge in [-0.15, -0.1) is 0 Å². The third kappa shape index (κ3) is 4.54. The van der Waals surface area contributed by atoms with Crippen molar-refractivity contribution in [3.63, 3.8) is 0 Å². The maximum absolute atomic E-state index is 12.7. The van der Waals surface area contributed by atoms with Crippen molar-refractivity contribution >= 4 is 29.1 Å². The van der Waals surface area contributed by atoms with E-state index in [0.29, 0.717) is 27.9 Å². The molecule has 2 aromatic rings. The number of fused-ring (bicyclic) bond motifs is 1. The predicted octanol–water partition coefficient (Wildman–Crippen LogP) is 2.05. The summed E-state index contributed by atoms with van der Waals surface area (Å²) in [5.41, 5.74) is 3.22. The highest BCUT2D eigenvalue weighted by Crippen LogP contribution is 2.28. The van der Waals surface area contributed by atoms with Crippen molar-refractivity contribution in [3.05, 3.63) is 58.7 Å². The fourth-order valence-electron chi connectivity index (χ4n) is 4.10. The molecule has 1 saturated heterocycles. The van der Waals surface area contributed by atoms with Crippen LogP contribution in [0.3, 0.4) is 0 Å². The molecule has 3 amide bonds. The summed E-state index contributed by atoms with van der Waals surface area (Å²) in [5.74, 6) is -0.870. The Balaban J connectivity index is 1.42. The van der Waals surface area contributed by atoms with Crippen LogP contribution in [0.5, 0.6) is 0 Å². The topological polar surface area (TPSA) is 103 Å². The van der Waals surface area contributed by atoms with Crippen LogP contribution >= 0.6 is 0 Å². The SMILES string of the molecule is CNC(=O)c1ccc(NC(=O)c2ccc(NCCN3CCCC3)cc2)c2c1CNC2=O. The van der Waals surface area contributed by atoms with E-state index in [1.54, 1.807) is 31.3 Å². The highest BCUT2D eigenvalue weighted by molar-refractivity contribution is 6.12. The van der Waals surface area contributed by atoms with E-state index >= 15 is 0 Å². The Morgan fingerprint density at radius 2 is 1.77 bits per heavy atom. The number of likely N-dealkylation sites (tertiary alicyclic amines) is 1. The molecule has 31 heavy (non-hydrogen) atoms. The average Bonchev–Trinajstić information content (AvgIpc) is 3.44. The summed E-state index contributed by atoms with van der Waals surface area (Å²) in [6.45, 7) is 4.49. The molecule has 0 saturated carbocycles. The number of nitrogens with one attached hydrogen (secondary N) is 4. The number of rotatable bonds is 7. The first-order valence-corrected chi connectivity index (χ1v) is 10.6. The number of carbonyl (C=O) groups excluding carboxylic acids is 3. The van der Waals surface area contributed by atoms with Gasteiger partial charge >= 0.3 is 0 Å². The zero-order valence-corrected chi connectivity index (χ0v) is 17.6. The molecule has 0 spiro atoms. The van der Waals surface area contributed by atoms with Gasteiger partial charge in [-0.2, -0.15) is 0 Å². The van der Waals surface area contributed by atoms with Crippen LogP contribution in [-0.4, -0.2) is 55.8 Å². The summed E-state index contributed by atoms with van der Waals surface area (Å²) in [6.07, 6.45) is 2.56. The van der Waals surface area contributed by atoms with E-state index in [9.17, 15) is 14.4 Å². The smallest absolute Gasteiger partial charge is 0.255 e. The zero-order valence-electron chi connectivity index (χ0n) is 17.6. The van der Waals surface area contributed by atoms with E-state index in [1.165, 1.54) is 25.9 Å². The van der Waals surface area contributed by atoms with Gasteiger partial charge in [0.2, 0.25) is 0 Å². The molecule has 2 heterocycles. The molecule has 1 fully saturated rings. The Morgan fingerprint density at radius 1 is 1.03 bits per heavy atom. The van der Waals surface area contributed by atoms with E-state index in [2.05, 4.69) is 26.2 Å². The summed E-state index contributed by atoms with van der Waals surface area (Å²) in [4.78, 5) is 39.6. The van der Waals surface area contributed by atoms with E-state index in [1.807, 2.05) is 12.1 Å². The molecule has 4 N–H and O–H groups in total. The van der Waals surface area contributed by atoms with E-state index < -0.39 is 0 Å². The summed E-state index contributed by atoms with van der Waals surface area (Å²) in [7, 11) is 1.54. The largest absolute Gasteiger partial charge is 0.384 e. The number of benzene rings is 2. The Labute approximate surface area is 181 Å². The third-order valence-electron chi connectivity index (χ3n) is 5.79. The van der Waals surface area contributed by atoms with Crippen LogP contribution in [0, 0.1) is 0 Å². The minimum atomic E-state index is -0.307. The summed E-state index contributed by atoms with van der Waals surface area (Å²) in [6, 6.07) is 10.5. The number of nitrogens with zero attached hydrogens (tertiary/aromatic N) is 1. The maximum Gasteiger partial charge on any atom is 0.255 e. The quantitative estimate of drug-likeness (QED) is 0.548. The summed E-state index contributed by atoms with van der Waals surface area (Å²) < 4.78 is 0. The number of anilines is 2. The highest BCUT2D eigenvalue weighted by Gasteiger charge is 2.28. The second kappa shape index (κ2) is 9.18. The van der Waals surface area contributed by atoms with Crippen LogP contribution in [0.4, 0.5) is 11.4 Å². The fraction of sp³-hybridized carbons (Fsp3) is 0.348. The number of hydrogen-bond acceptors (Lipinski definition) is 5. The Kier molecular flexibility index (Phi) is 6.18. The van der Waals surface area contributed by atoms with Crippen molar-refractivity contribution in [3.8, 4) is 0 Å². The van der Waals surface area contributed by atoms with Gasteiger partial charge in [-0.1, -0.05) is 0 Å². The van der Waals surface area contributed by atoms with Gasteiger partial charge in [-0.25, -0.2) is 0 Å². The second-order valence-corrected chi connectivity index (χ2v) is 7.78. The van der Waals surface area contributed by atoms with Gasteiger partial charge < -0.3 is 26.2 Å². The van der Waals surface area contributed by atoms with Crippen LogP contribution in [0.2, 0.25) is 0 Å². The molecule has 0 aromatic heterocycles. The lowest BCUT2D eigenvalue weighted by atomic mass is 10.00. The fourth-order valence-corrected chi connectivity index (χ4v) is 4.10.